The number of aryl methyl sites for hydroxylation is 1. The molecule has 3 nitrogen and oxygen atoms in total. The smallest absolute Gasteiger partial charge is 0.293 e. The third-order valence-electron chi connectivity index (χ3n) is 1.18. The van der Waals surface area contributed by atoms with Crippen LogP contribution in [0.25, 0.3) is 0 Å². The van der Waals surface area contributed by atoms with Gasteiger partial charge in [0.2, 0.25) is 0 Å². The lowest BCUT2D eigenvalue weighted by Gasteiger charge is -1.88. The Balaban J connectivity index is 2.74. The maximum atomic E-state index is 4.83. The van der Waals surface area contributed by atoms with Gasteiger partial charge in [0.15, 0.2) is 0 Å². The van der Waals surface area contributed by atoms with E-state index in [-0.39, 0.29) is 0 Å². The number of hydrogen-bond donors (Lipinski definition) is 1. The van der Waals surface area contributed by atoms with Crippen LogP contribution in [0, 0.1) is 0 Å². The molecule has 0 aliphatic heterocycles. The molecule has 1 N–H and O–H groups in total. The zero-order valence-electron chi connectivity index (χ0n) is 5.64. The van der Waals surface area contributed by atoms with Crippen LogP contribution < -0.4 is 4.74 Å². The fourth-order valence-electron chi connectivity index (χ4n) is 0.622. The molecule has 0 unspecified atom stereocenters. The molecule has 0 bridgehead atoms. The zero-order chi connectivity index (χ0) is 6.69. The van der Waals surface area contributed by atoms with Crippen LogP contribution in [0.2, 0.25) is 0 Å². The van der Waals surface area contributed by atoms with Gasteiger partial charge in [-0.3, -0.25) is 0 Å². The first-order valence-corrected chi connectivity index (χ1v) is 2.94. The SMILES string of the molecule is CCc1cnc(OC)[nH]1. The Labute approximate surface area is 54.1 Å². The van der Waals surface area contributed by atoms with Crippen LogP contribution in [-0.4, -0.2) is 17.1 Å². The summed E-state index contributed by atoms with van der Waals surface area (Å²) in [5, 5.41) is 0. The second-order valence-corrected chi connectivity index (χ2v) is 1.77. The second kappa shape index (κ2) is 2.53. The fourth-order valence-corrected chi connectivity index (χ4v) is 0.622. The number of rotatable bonds is 2. The van der Waals surface area contributed by atoms with Crippen LogP contribution in [0.15, 0.2) is 6.20 Å². The highest BCUT2D eigenvalue weighted by Gasteiger charge is 1.94. The van der Waals surface area contributed by atoms with Gasteiger partial charge in [-0.05, 0) is 6.42 Å². The topological polar surface area (TPSA) is 37.9 Å². The van der Waals surface area contributed by atoms with E-state index in [2.05, 4.69) is 16.9 Å². The Bertz CT molecular complexity index is 164. The lowest BCUT2D eigenvalue weighted by Crippen LogP contribution is -1.84. The van der Waals surface area contributed by atoms with E-state index in [1.165, 1.54) is 0 Å². The van der Waals surface area contributed by atoms with Gasteiger partial charge < -0.3 is 9.72 Å². The van der Waals surface area contributed by atoms with Crippen LogP contribution in [0.3, 0.4) is 0 Å². The van der Waals surface area contributed by atoms with E-state index in [0.29, 0.717) is 6.01 Å². The van der Waals surface area contributed by atoms with Crippen molar-refractivity contribution in [2.45, 2.75) is 13.3 Å². The van der Waals surface area contributed by atoms with Crippen molar-refractivity contribution in [1.29, 1.82) is 0 Å². The van der Waals surface area contributed by atoms with E-state index in [1.807, 2.05) is 0 Å². The zero-order valence-corrected chi connectivity index (χ0v) is 5.64. The van der Waals surface area contributed by atoms with Gasteiger partial charge in [0.05, 0.1) is 13.3 Å². The number of imidazole rings is 1. The first-order chi connectivity index (χ1) is 4.36. The highest BCUT2D eigenvalue weighted by molar-refractivity contribution is 5.04. The minimum Gasteiger partial charge on any atom is -0.468 e. The van der Waals surface area contributed by atoms with E-state index in [1.54, 1.807) is 13.3 Å². The number of methoxy groups -OCH3 is 1. The molecule has 0 fully saturated rings. The molecule has 1 aromatic heterocycles. The number of hydrogen-bond acceptors (Lipinski definition) is 2. The first-order valence-electron chi connectivity index (χ1n) is 2.94. The van der Waals surface area contributed by atoms with Crippen molar-refractivity contribution in [2.24, 2.45) is 0 Å². The monoisotopic (exact) mass is 126 g/mol. The van der Waals surface area contributed by atoms with Crippen LogP contribution in [0.4, 0.5) is 0 Å². The lowest BCUT2D eigenvalue weighted by atomic mass is 10.4. The van der Waals surface area contributed by atoms with Crippen LogP contribution in [-0.2, 0) is 6.42 Å². The minimum atomic E-state index is 0.590. The van der Waals surface area contributed by atoms with Gasteiger partial charge in [-0.1, -0.05) is 6.92 Å². The summed E-state index contributed by atoms with van der Waals surface area (Å²) < 4.78 is 4.83. The highest BCUT2D eigenvalue weighted by Crippen LogP contribution is 2.02. The van der Waals surface area contributed by atoms with E-state index in [9.17, 15) is 0 Å². The van der Waals surface area contributed by atoms with Gasteiger partial charge in [0.25, 0.3) is 6.01 Å². The highest BCUT2D eigenvalue weighted by atomic mass is 16.5. The van der Waals surface area contributed by atoms with Crippen LogP contribution in [0.1, 0.15) is 12.6 Å². The average Bonchev–Trinajstić information content (AvgIpc) is 2.34. The maximum Gasteiger partial charge on any atom is 0.293 e. The van der Waals surface area contributed by atoms with Crippen molar-refractivity contribution in [3.05, 3.63) is 11.9 Å². The molecule has 0 radical (unpaired) electrons. The summed E-state index contributed by atoms with van der Waals surface area (Å²) in [6.45, 7) is 2.06. The molecule has 1 heterocycles. The standard InChI is InChI=1S/C6H10N2O/c1-3-5-4-7-6(8-5)9-2/h4H,3H2,1-2H3,(H,7,8). The molecule has 1 rings (SSSR count). The van der Waals surface area contributed by atoms with Gasteiger partial charge in [0, 0.05) is 5.69 Å². The molecular weight excluding hydrogens is 116 g/mol. The third kappa shape index (κ3) is 1.22. The third-order valence-corrected chi connectivity index (χ3v) is 1.18. The van der Waals surface area contributed by atoms with Gasteiger partial charge in [-0.2, -0.15) is 0 Å². The Morgan fingerprint density at radius 1 is 1.78 bits per heavy atom. The molecule has 0 saturated heterocycles. The Kier molecular flexibility index (Phi) is 1.72. The summed E-state index contributed by atoms with van der Waals surface area (Å²) in [5.74, 6) is 0. The molecule has 0 aliphatic rings. The molecule has 0 atom stereocenters. The summed E-state index contributed by atoms with van der Waals surface area (Å²) in [5.41, 5.74) is 1.10. The summed E-state index contributed by atoms with van der Waals surface area (Å²) in [7, 11) is 1.60. The quantitative estimate of drug-likeness (QED) is 0.641. The van der Waals surface area contributed by atoms with Gasteiger partial charge >= 0.3 is 0 Å². The molecule has 0 saturated carbocycles. The van der Waals surface area contributed by atoms with E-state index in [4.69, 9.17) is 4.74 Å². The maximum absolute atomic E-state index is 4.83. The Hall–Kier alpha value is -0.990. The van der Waals surface area contributed by atoms with E-state index < -0.39 is 0 Å². The number of nitrogens with zero attached hydrogens (tertiary/aromatic N) is 1. The molecule has 50 valence electrons. The normalized spacial score (nSPS) is 9.56. The summed E-state index contributed by atoms with van der Waals surface area (Å²) in [6.07, 6.45) is 2.75. The number of aromatic amines is 1. The molecule has 0 amide bonds. The molecule has 0 aliphatic carbocycles. The predicted molar refractivity (Wildman–Crippen MR) is 34.5 cm³/mol. The average molecular weight is 126 g/mol. The summed E-state index contributed by atoms with van der Waals surface area (Å²) in [6, 6.07) is 0.590. The first kappa shape index (κ1) is 6.13. The van der Waals surface area contributed by atoms with Gasteiger partial charge in [-0.25, -0.2) is 4.98 Å². The molecule has 0 spiro atoms. The molecule has 9 heavy (non-hydrogen) atoms. The van der Waals surface area contributed by atoms with Crippen LogP contribution >= 0.6 is 0 Å². The number of ether oxygens (including phenoxy) is 1. The largest absolute Gasteiger partial charge is 0.468 e. The van der Waals surface area contributed by atoms with Crippen molar-refractivity contribution in [2.75, 3.05) is 7.11 Å². The molecular formula is C6H10N2O. The molecule has 1 aromatic rings. The van der Waals surface area contributed by atoms with Crippen molar-refractivity contribution >= 4 is 0 Å². The molecule has 0 aromatic carbocycles. The minimum absolute atomic E-state index is 0.590. The predicted octanol–water partition coefficient (Wildman–Crippen LogP) is 0.981. The summed E-state index contributed by atoms with van der Waals surface area (Å²) in [4.78, 5) is 6.91. The van der Waals surface area contributed by atoms with E-state index >= 15 is 0 Å². The Morgan fingerprint density at radius 2 is 2.56 bits per heavy atom. The Morgan fingerprint density at radius 3 is 2.89 bits per heavy atom. The van der Waals surface area contributed by atoms with Crippen molar-refractivity contribution in [3.8, 4) is 6.01 Å². The van der Waals surface area contributed by atoms with Crippen molar-refractivity contribution in [1.82, 2.24) is 9.97 Å². The van der Waals surface area contributed by atoms with Crippen molar-refractivity contribution < 1.29 is 4.74 Å². The summed E-state index contributed by atoms with van der Waals surface area (Å²) >= 11 is 0. The number of aromatic nitrogens is 2. The van der Waals surface area contributed by atoms with Crippen LogP contribution in [0.5, 0.6) is 6.01 Å². The van der Waals surface area contributed by atoms with Crippen molar-refractivity contribution in [3.63, 3.8) is 0 Å². The number of H-pyrrole nitrogens is 1. The van der Waals surface area contributed by atoms with Gasteiger partial charge in [-0.15, -0.1) is 0 Å². The second-order valence-electron chi connectivity index (χ2n) is 1.77. The number of nitrogens with one attached hydrogen (secondary N) is 1. The fraction of sp³-hybridized carbons (Fsp3) is 0.500. The van der Waals surface area contributed by atoms with E-state index in [0.717, 1.165) is 12.1 Å². The lowest BCUT2D eigenvalue weighted by molar-refractivity contribution is 0.384. The molecule has 3 heteroatoms. The van der Waals surface area contributed by atoms with Gasteiger partial charge in [0.1, 0.15) is 0 Å².